The number of anilines is 3. The number of carbonyl (C=O) groups excluding carboxylic acids is 3. The predicted molar refractivity (Wildman–Crippen MR) is 237 cm³/mol. The van der Waals surface area contributed by atoms with Gasteiger partial charge in [0.25, 0.3) is 5.91 Å². The molecule has 0 heterocycles. The van der Waals surface area contributed by atoms with E-state index in [1.807, 2.05) is 0 Å². The number of hydrogen-bond acceptors (Lipinski definition) is 17. The molecule has 0 aliphatic carbocycles. The largest absolute Gasteiger partial charge is 1.00 e. The molecule has 4 aromatic rings. The van der Waals surface area contributed by atoms with E-state index in [0.717, 1.165) is 0 Å². The van der Waals surface area contributed by atoms with E-state index in [-0.39, 0.29) is 94.0 Å². The van der Waals surface area contributed by atoms with Crippen LogP contribution in [0.4, 0.5) is 22.7 Å². The molecule has 0 fully saturated rings. The predicted octanol–water partition coefficient (Wildman–Crippen LogP) is -3.08. The number of nitrogens with two attached hydrogens (primary N) is 1. The standard InChI is InChI=1S/C19H23N3O10P2.C11H13NO3.C8H13NO7P2.2Na/c1-12(23)17(18(24)20-15-5-3-4-6-16(15)32-2)22-21-14-9-7-13(8-10-14)11-19(25,33(26,27)28)34(29,30)31;1-8(13)7-11(14)12-9-5-3-4-6-10(9)15-2;9-7-3-1-6(2-4-7)5-8(10,17(11,12)13)18(14,15)16;;/h3-10,23,25H,11H2,1-2H3,(H,20,24)(H2,26,27,28)(H2,29,30,31);3-6H,7H2,1-2H3,(H,12,14);1-4,10H,5,9H2,(H2,11,12,13)(H2,14,15,16);;/q;;;2*+1/p-2. The Labute approximate surface area is 438 Å². The summed E-state index contributed by atoms with van der Waals surface area (Å²) in [6.07, 6.45) is -2.17. The van der Waals surface area contributed by atoms with Gasteiger partial charge in [-0.25, -0.2) is 0 Å². The Morgan fingerprint density at radius 3 is 1.38 bits per heavy atom. The Morgan fingerprint density at radius 1 is 0.652 bits per heavy atom. The molecular weight excluding hydrogens is 1020 g/mol. The van der Waals surface area contributed by atoms with Crippen LogP contribution in [0.3, 0.4) is 0 Å². The number of amides is 2. The van der Waals surface area contributed by atoms with Crippen molar-refractivity contribution in [1.29, 1.82) is 0 Å². The van der Waals surface area contributed by atoms with Crippen LogP contribution in [-0.2, 0) is 45.5 Å². The number of allylic oxidation sites excluding steroid dienone is 1. The van der Waals surface area contributed by atoms with Crippen LogP contribution < -0.4 is 94.7 Å². The first-order chi connectivity index (χ1) is 30.8. The first-order valence-corrected chi connectivity index (χ1v) is 24.9. The molecule has 0 bridgehead atoms. The molecule has 366 valence electrons. The zero-order valence-corrected chi connectivity index (χ0v) is 45.2. The summed E-state index contributed by atoms with van der Waals surface area (Å²) >= 11 is 0. The average molecular weight is 1060 g/mol. The van der Waals surface area contributed by atoms with Crippen LogP contribution in [0.1, 0.15) is 31.4 Å². The number of rotatable bonds is 17. The maximum atomic E-state index is 12.5. The molecule has 0 aromatic heterocycles. The van der Waals surface area contributed by atoms with E-state index in [0.29, 0.717) is 28.6 Å². The van der Waals surface area contributed by atoms with Crippen LogP contribution in [0.15, 0.2) is 119 Å². The Morgan fingerprint density at radius 2 is 1.03 bits per heavy atom. The van der Waals surface area contributed by atoms with Crippen molar-refractivity contribution in [2.24, 2.45) is 10.2 Å². The van der Waals surface area contributed by atoms with E-state index in [9.17, 15) is 67.5 Å². The molecule has 0 radical (unpaired) electrons. The van der Waals surface area contributed by atoms with Crippen molar-refractivity contribution in [3.8, 4) is 11.5 Å². The number of aliphatic hydroxyl groups is 3. The summed E-state index contributed by atoms with van der Waals surface area (Å²) in [4.78, 5) is 111. The van der Waals surface area contributed by atoms with Gasteiger partial charge in [-0.1, -0.05) is 48.5 Å². The van der Waals surface area contributed by atoms with Gasteiger partial charge >= 0.3 is 74.3 Å². The first kappa shape index (κ1) is 65.5. The summed E-state index contributed by atoms with van der Waals surface area (Å²) in [6.45, 7) is 2.60. The molecule has 31 heteroatoms. The van der Waals surface area contributed by atoms with E-state index in [1.165, 1.54) is 76.6 Å². The van der Waals surface area contributed by atoms with Crippen molar-refractivity contribution in [2.45, 2.75) is 43.3 Å². The maximum absolute atomic E-state index is 12.5. The van der Waals surface area contributed by atoms with Crippen molar-refractivity contribution < 1.29 is 156 Å². The summed E-state index contributed by atoms with van der Waals surface area (Å²) in [6, 6.07) is 23.7. The van der Waals surface area contributed by atoms with E-state index in [2.05, 4.69) is 20.9 Å². The summed E-state index contributed by atoms with van der Waals surface area (Å²) in [7, 11) is -19.7. The van der Waals surface area contributed by atoms with Gasteiger partial charge in [-0.3, -0.25) is 23.5 Å². The smallest absolute Gasteiger partial charge is 0.776 e. The Bertz CT molecular complexity index is 2590. The van der Waals surface area contributed by atoms with Crippen molar-refractivity contribution in [1.82, 2.24) is 0 Å². The number of nitrogens with zero attached hydrogens (tertiary/aromatic N) is 2. The van der Waals surface area contributed by atoms with Crippen molar-refractivity contribution >= 4 is 70.7 Å². The molecule has 0 spiro atoms. The summed E-state index contributed by atoms with van der Waals surface area (Å²) in [5.74, 6) is -0.762. The molecular formula is C38H47N5Na2O20P4. The number of hydrogen-bond donors (Lipinski definition) is 12. The summed E-state index contributed by atoms with van der Waals surface area (Å²) in [5.41, 5.74) is 6.37. The first-order valence-electron chi connectivity index (χ1n) is 18.6. The Hall–Kier alpha value is -3.45. The van der Waals surface area contributed by atoms with Crippen molar-refractivity contribution in [3.63, 3.8) is 0 Å². The molecule has 0 aliphatic heterocycles. The van der Waals surface area contributed by atoms with Gasteiger partial charge in [0.05, 0.1) is 37.7 Å². The number of Topliss-reactive ketones (excluding diaryl/α,β-unsaturated/α-hetero) is 1. The fourth-order valence-electron chi connectivity index (χ4n) is 5.09. The van der Waals surface area contributed by atoms with Gasteiger partial charge in [-0.15, -0.1) is 5.11 Å². The molecule has 13 N–H and O–H groups in total. The van der Waals surface area contributed by atoms with E-state index >= 15 is 0 Å². The third kappa shape index (κ3) is 19.6. The zero-order valence-electron chi connectivity index (χ0n) is 37.6. The normalized spacial score (nSPS) is 15.0. The second-order valence-corrected chi connectivity index (χ2v) is 21.8. The summed E-state index contributed by atoms with van der Waals surface area (Å²) < 4.78 is 55.1. The zero-order chi connectivity index (χ0) is 51.2. The number of para-hydroxylation sites is 4. The van der Waals surface area contributed by atoms with Crippen molar-refractivity contribution in [3.05, 3.63) is 120 Å². The number of carbonyl (C=O) groups is 3. The van der Waals surface area contributed by atoms with Gasteiger partial charge in [0.2, 0.25) is 16.1 Å². The topological polar surface area (TPSA) is 441 Å². The van der Waals surface area contributed by atoms with Gasteiger partial charge in [0, 0.05) is 18.5 Å². The molecule has 0 saturated carbocycles. The van der Waals surface area contributed by atoms with Crippen LogP contribution in [-0.4, -0.2) is 86.7 Å². The minimum atomic E-state index is -5.86. The SMILES string of the molecule is COc1ccccc1NC(=O)C(N=Nc1ccc(CC(O)(P(=O)([O-])O)P(=O)(O)O)cc1)=C(C)O.COc1ccccc1NC(=O)CC(C)=O.Nc1ccc(CC(O)(P(=O)([O-])O)P(=O)(O)O)cc1.[Na+].[Na+]. The van der Waals surface area contributed by atoms with Crippen molar-refractivity contribution in [2.75, 3.05) is 30.6 Å². The number of nitrogens with one attached hydrogen (secondary N) is 2. The molecule has 4 aromatic carbocycles. The number of nitrogen functional groups attached to an aromatic ring is 1. The number of methoxy groups -OCH3 is 2. The third-order valence-corrected chi connectivity index (χ3v) is 16.0. The van der Waals surface area contributed by atoms with Gasteiger partial charge in [-0.2, -0.15) is 5.11 Å². The molecule has 0 saturated heterocycles. The van der Waals surface area contributed by atoms with Crippen LogP contribution in [0.5, 0.6) is 11.5 Å². The molecule has 69 heavy (non-hydrogen) atoms. The molecule has 0 aliphatic rings. The number of ketones is 1. The molecule has 4 rings (SSSR count). The van der Waals surface area contributed by atoms with E-state index in [4.69, 9.17) is 34.8 Å². The number of aliphatic hydroxyl groups excluding tert-OH is 1. The van der Waals surface area contributed by atoms with Gasteiger partial charge in [0.1, 0.15) is 23.0 Å². The number of benzene rings is 4. The second kappa shape index (κ2) is 28.0. The van der Waals surface area contributed by atoms with Crippen LogP contribution in [0.2, 0.25) is 0 Å². The monoisotopic (exact) mass is 1060 g/mol. The Balaban J connectivity index is 0.00000111. The number of azo groups is 1. The Kier molecular flexibility index (Phi) is 26.6. The fraction of sp³-hybridized carbons (Fsp3) is 0.237. The average Bonchev–Trinajstić information content (AvgIpc) is 3.21. The molecule has 25 nitrogen and oxygen atoms in total. The minimum Gasteiger partial charge on any atom is -0.776 e. The third-order valence-electron chi connectivity index (χ3n) is 8.61. The van der Waals surface area contributed by atoms with E-state index < -0.39 is 70.8 Å². The molecule has 4 unspecified atom stereocenters. The molecule has 4 atom stereocenters. The molecule has 2 amide bonds. The van der Waals surface area contributed by atoms with Crippen LogP contribution in [0, 0.1) is 0 Å². The van der Waals surface area contributed by atoms with Gasteiger partial charge < -0.3 is 89.4 Å². The van der Waals surface area contributed by atoms with Crippen LogP contribution >= 0.6 is 30.4 Å². The maximum Gasteiger partial charge on any atom is 1.00 e. The summed E-state index contributed by atoms with van der Waals surface area (Å²) in [5, 5.41) is 34.8. The fourth-order valence-corrected chi connectivity index (χ4v) is 9.26. The van der Waals surface area contributed by atoms with E-state index in [1.54, 1.807) is 48.5 Å². The van der Waals surface area contributed by atoms with Crippen LogP contribution in [0.25, 0.3) is 0 Å². The van der Waals surface area contributed by atoms with Gasteiger partial charge in [0.15, 0.2) is 20.9 Å². The second-order valence-electron chi connectivity index (χ2n) is 13.9. The van der Waals surface area contributed by atoms with Gasteiger partial charge in [-0.05, 0) is 73.5 Å². The quantitative estimate of drug-likeness (QED) is 0.00949. The number of ether oxygens (including phenoxy) is 2. The minimum absolute atomic E-state index is 0.